The number of fused-ring (bicyclic) bond motifs is 2. The van der Waals surface area contributed by atoms with Crippen molar-refractivity contribution in [2.24, 2.45) is 0 Å². The van der Waals surface area contributed by atoms with Crippen molar-refractivity contribution in [3.8, 4) is 0 Å². The lowest BCUT2D eigenvalue weighted by Crippen LogP contribution is -2.44. The van der Waals surface area contributed by atoms with Crippen molar-refractivity contribution in [3.63, 3.8) is 0 Å². The Morgan fingerprint density at radius 2 is 1.75 bits per heavy atom. The molecule has 0 bridgehead atoms. The minimum absolute atomic E-state index is 0.0375. The van der Waals surface area contributed by atoms with Crippen LogP contribution >= 0.6 is 0 Å². The number of pyridine rings is 1. The van der Waals surface area contributed by atoms with E-state index in [2.05, 4.69) is 10.3 Å². The summed E-state index contributed by atoms with van der Waals surface area (Å²) in [5.74, 6) is -0.334. The number of rotatable bonds is 6. The van der Waals surface area contributed by atoms with E-state index in [9.17, 15) is 24.6 Å². The molecule has 5 rings (SSSR count). The maximum absolute atomic E-state index is 13.3. The maximum Gasteiger partial charge on any atom is 0.333 e. The molecule has 4 aromatic rings. The number of benzene rings is 2. The predicted molar refractivity (Wildman–Crippen MR) is 133 cm³/mol. The summed E-state index contributed by atoms with van der Waals surface area (Å²) < 4.78 is 7.89. The van der Waals surface area contributed by atoms with Gasteiger partial charge < -0.3 is 20.3 Å². The zero-order valence-electron chi connectivity index (χ0n) is 19.6. The average molecular weight is 491 g/mol. The Morgan fingerprint density at radius 1 is 1.11 bits per heavy atom. The van der Waals surface area contributed by atoms with Gasteiger partial charge in [-0.25, -0.2) is 9.78 Å². The minimum Gasteiger partial charge on any atom is -0.394 e. The second-order valence-electron chi connectivity index (χ2n) is 8.85. The van der Waals surface area contributed by atoms with Crippen LogP contribution in [0.1, 0.15) is 28.6 Å². The summed E-state index contributed by atoms with van der Waals surface area (Å²) in [6, 6.07) is 14.8. The molecule has 1 aliphatic heterocycles. The molecule has 1 fully saturated rings. The smallest absolute Gasteiger partial charge is 0.333 e. The Morgan fingerprint density at radius 3 is 2.36 bits per heavy atom. The molecule has 0 saturated carbocycles. The highest BCUT2D eigenvalue weighted by Crippen LogP contribution is 2.27. The SMILES string of the molecule is Cc1cn([C@H]2C[C@H](O)[C@@H](CO)O2)c(=O)n(CCNC(=O)c2c3ccccc3nc3ccccc23)c1=O. The van der Waals surface area contributed by atoms with Gasteiger partial charge in [-0.1, -0.05) is 36.4 Å². The fourth-order valence-corrected chi connectivity index (χ4v) is 4.67. The minimum atomic E-state index is -0.920. The predicted octanol–water partition coefficient (Wildman–Crippen LogP) is 1.09. The van der Waals surface area contributed by atoms with Crippen LogP contribution in [0.4, 0.5) is 0 Å². The van der Waals surface area contributed by atoms with Gasteiger partial charge in [-0.3, -0.25) is 18.7 Å². The summed E-state index contributed by atoms with van der Waals surface area (Å²) in [6.07, 6.45) is -1.02. The molecule has 0 aliphatic carbocycles. The van der Waals surface area contributed by atoms with Gasteiger partial charge in [-0.2, -0.15) is 0 Å². The zero-order chi connectivity index (χ0) is 25.4. The number of amides is 1. The fraction of sp³-hybridized carbons (Fsp3) is 0.308. The molecular weight excluding hydrogens is 464 g/mol. The lowest BCUT2D eigenvalue weighted by atomic mass is 10.0. The van der Waals surface area contributed by atoms with Crippen LogP contribution in [0.5, 0.6) is 0 Å². The van der Waals surface area contributed by atoms with Crippen LogP contribution in [-0.4, -0.2) is 55.6 Å². The largest absolute Gasteiger partial charge is 0.394 e. The van der Waals surface area contributed by atoms with Gasteiger partial charge in [0, 0.05) is 42.0 Å². The van der Waals surface area contributed by atoms with Gasteiger partial charge in [0.1, 0.15) is 12.3 Å². The Kier molecular flexibility index (Phi) is 6.40. The molecule has 1 saturated heterocycles. The molecule has 2 aromatic carbocycles. The second kappa shape index (κ2) is 9.65. The van der Waals surface area contributed by atoms with Crippen molar-refractivity contribution < 1.29 is 19.7 Å². The monoisotopic (exact) mass is 490 g/mol. The van der Waals surface area contributed by atoms with Crippen LogP contribution in [0, 0.1) is 6.92 Å². The molecule has 0 unspecified atom stereocenters. The standard InChI is InChI=1S/C26H26N4O6/c1-15-13-30(22-12-20(32)21(14-31)36-22)26(35)29(25(15)34)11-10-27-24(33)23-16-6-2-4-8-18(16)28-19-9-5-3-7-17(19)23/h2-9,13,20-22,31-32H,10-12,14H2,1H3,(H,27,33)/t20-,21+,22+/m0/s1. The summed E-state index contributed by atoms with van der Waals surface area (Å²) in [5.41, 5.74) is 1.10. The molecule has 186 valence electrons. The highest BCUT2D eigenvalue weighted by Gasteiger charge is 2.35. The number of hydrogen-bond donors (Lipinski definition) is 3. The lowest BCUT2D eigenvalue weighted by molar-refractivity contribution is -0.0463. The van der Waals surface area contributed by atoms with E-state index in [4.69, 9.17) is 4.74 Å². The number of nitrogens with zero attached hydrogens (tertiary/aromatic N) is 3. The number of aliphatic hydroxyl groups is 2. The van der Waals surface area contributed by atoms with Gasteiger partial charge in [0.25, 0.3) is 11.5 Å². The van der Waals surface area contributed by atoms with Gasteiger partial charge in [-0.15, -0.1) is 0 Å². The molecule has 0 spiro atoms. The topological polar surface area (TPSA) is 136 Å². The summed E-state index contributed by atoms with van der Waals surface area (Å²) >= 11 is 0. The van der Waals surface area contributed by atoms with Gasteiger partial charge in [0.05, 0.1) is 29.3 Å². The Hall–Kier alpha value is -3.86. The zero-order valence-corrected chi connectivity index (χ0v) is 19.6. The lowest BCUT2D eigenvalue weighted by Gasteiger charge is -2.17. The number of aromatic nitrogens is 3. The fourth-order valence-electron chi connectivity index (χ4n) is 4.67. The van der Waals surface area contributed by atoms with Crippen molar-refractivity contribution >= 4 is 27.7 Å². The van der Waals surface area contributed by atoms with E-state index in [1.165, 1.54) is 10.8 Å². The molecule has 2 aromatic heterocycles. The van der Waals surface area contributed by atoms with E-state index < -0.39 is 29.7 Å². The number of carbonyl (C=O) groups is 1. The van der Waals surface area contributed by atoms with E-state index >= 15 is 0 Å². The first-order valence-corrected chi connectivity index (χ1v) is 11.7. The molecule has 10 heteroatoms. The molecule has 10 nitrogen and oxygen atoms in total. The van der Waals surface area contributed by atoms with Crippen LogP contribution in [0.3, 0.4) is 0 Å². The Labute approximate surface area is 205 Å². The van der Waals surface area contributed by atoms with Crippen molar-refractivity contribution in [2.45, 2.75) is 38.3 Å². The Bertz CT molecular complexity index is 1520. The quantitative estimate of drug-likeness (QED) is 0.344. The van der Waals surface area contributed by atoms with Gasteiger partial charge in [0.15, 0.2) is 0 Å². The third kappa shape index (κ3) is 4.19. The second-order valence-corrected chi connectivity index (χ2v) is 8.85. The number of nitrogens with one attached hydrogen (secondary N) is 1. The van der Waals surface area contributed by atoms with Crippen LogP contribution < -0.4 is 16.6 Å². The first kappa shape index (κ1) is 23.9. The van der Waals surface area contributed by atoms with Gasteiger partial charge in [0.2, 0.25) is 0 Å². The van der Waals surface area contributed by atoms with Crippen molar-refractivity contribution in [1.82, 2.24) is 19.4 Å². The molecular formula is C26H26N4O6. The molecule has 3 N–H and O–H groups in total. The molecule has 1 aliphatic rings. The van der Waals surface area contributed by atoms with Crippen molar-refractivity contribution in [3.05, 3.63) is 86.7 Å². The first-order valence-electron chi connectivity index (χ1n) is 11.7. The molecule has 1 amide bonds. The van der Waals surface area contributed by atoms with E-state index in [0.717, 1.165) is 4.57 Å². The van der Waals surface area contributed by atoms with E-state index in [1.807, 2.05) is 48.5 Å². The normalized spacial score (nSPS) is 19.7. The number of ether oxygens (including phenoxy) is 1. The van der Waals surface area contributed by atoms with E-state index in [-0.39, 0.29) is 32.0 Å². The van der Waals surface area contributed by atoms with Gasteiger partial charge in [-0.05, 0) is 19.1 Å². The van der Waals surface area contributed by atoms with Crippen LogP contribution in [0.2, 0.25) is 0 Å². The summed E-state index contributed by atoms with van der Waals surface area (Å²) in [4.78, 5) is 43.8. The van der Waals surface area contributed by atoms with Gasteiger partial charge >= 0.3 is 5.69 Å². The first-order chi connectivity index (χ1) is 17.4. The molecule has 36 heavy (non-hydrogen) atoms. The van der Waals surface area contributed by atoms with E-state index in [1.54, 1.807) is 6.92 Å². The summed E-state index contributed by atoms with van der Waals surface area (Å²) in [5, 5.41) is 23.6. The molecule has 3 heterocycles. The number of aryl methyl sites for hydroxylation is 1. The number of aliphatic hydroxyl groups excluding tert-OH is 2. The van der Waals surface area contributed by atoms with Crippen molar-refractivity contribution in [1.29, 1.82) is 0 Å². The van der Waals surface area contributed by atoms with Crippen molar-refractivity contribution in [2.75, 3.05) is 13.2 Å². The summed E-state index contributed by atoms with van der Waals surface area (Å²) in [6.45, 7) is 1.19. The van der Waals surface area contributed by atoms with Crippen LogP contribution in [0.25, 0.3) is 21.8 Å². The van der Waals surface area contributed by atoms with Crippen LogP contribution in [-0.2, 0) is 11.3 Å². The van der Waals surface area contributed by atoms with E-state index in [0.29, 0.717) is 32.9 Å². The average Bonchev–Trinajstić information content (AvgIpc) is 3.26. The third-order valence-corrected chi connectivity index (χ3v) is 6.50. The number of para-hydroxylation sites is 2. The Balaban J connectivity index is 1.41. The number of carbonyl (C=O) groups excluding carboxylic acids is 1. The number of hydrogen-bond acceptors (Lipinski definition) is 7. The third-order valence-electron chi connectivity index (χ3n) is 6.50. The highest BCUT2D eigenvalue weighted by atomic mass is 16.5. The van der Waals surface area contributed by atoms with Crippen LogP contribution in [0.15, 0.2) is 64.3 Å². The highest BCUT2D eigenvalue weighted by molar-refractivity contribution is 6.16. The maximum atomic E-state index is 13.3. The summed E-state index contributed by atoms with van der Waals surface area (Å²) in [7, 11) is 0. The molecule has 0 radical (unpaired) electrons. The molecule has 3 atom stereocenters.